The molecule has 8 nitrogen and oxygen atoms in total. The standard InChI is InChI=1S/C22H20FN5O3S/c1-2-18(29)24-16-7-3-13(4-8-16)20(31)25-22-27-26-21(32-22)14-11-19(30)28(12-14)17-9-5-15(23)6-10-17/h3-10,14H,2,11-12H2,1H3,(H,24,29)(H,25,27,31). The third kappa shape index (κ3) is 4.80. The molecule has 1 unspecified atom stereocenters. The Hall–Kier alpha value is -3.66. The van der Waals surface area contributed by atoms with Crippen molar-refractivity contribution in [2.45, 2.75) is 25.7 Å². The van der Waals surface area contributed by atoms with Crippen molar-refractivity contribution in [1.29, 1.82) is 0 Å². The van der Waals surface area contributed by atoms with E-state index in [2.05, 4.69) is 20.8 Å². The van der Waals surface area contributed by atoms with Crippen molar-refractivity contribution < 1.29 is 18.8 Å². The SMILES string of the molecule is CCC(=O)Nc1ccc(C(=O)Nc2nnc(C3CC(=O)N(c4ccc(F)cc4)C3)s2)cc1. The molecule has 1 fully saturated rings. The van der Waals surface area contributed by atoms with Crippen LogP contribution >= 0.6 is 11.3 Å². The fourth-order valence-corrected chi connectivity index (χ4v) is 4.15. The van der Waals surface area contributed by atoms with Crippen LogP contribution < -0.4 is 15.5 Å². The van der Waals surface area contributed by atoms with Gasteiger partial charge in [0, 0.05) is 42.2 Å². The van der Waals surface area contributed by atoms with E-state index in [0.29, 0.717) is 40.0 Å². The summed E-state index contributed by atoms with van der Waals surface area (Å²) in [6.07, 6.45) is 0.640. The third-order valence-corrected chi connectivity index (χ3v) is 6.03. The second kappa shape index (κ2) is 9.23. The van der Waals surface area contributed by atoms with Crippen molar-refractivity contribution in [3.63, 3.8) is 0 Å². The molecule has 0 aliphatic carbocycles. The molecule has 2 aromatic carbocycles. The maximum Gasteiger partial charge on any atom is 0.257 e. The molecule has 1 saturated heterocycles. The molecule has 32 heavy (non-hydrogen) atoms. The molecule has 0 saturated carbocycles. The van der Waals surface area contributed by atoms with Gasteiger partial charge in [0.05, 0.1) is 0 Å². The highest BCUT2D eigenvalue weighted by Crippen LogP contribution is 2.34. The van der Waals surface area contributed by atoms with Crippen LogP contribution in [0.15, 0.2) is 48.5 Å². The summed E-state index contributed by atoms with van der Waals surface area (Å²) < 4.78 is 13.2. The fourth-order valence-electron chi connectivity index (χ4n) is 3.32. The van der Waals surface area contributed by atoms with Gasteiger partial charge in [0.25, 0.3) is 5.91 Å². The van der Waals surface area contributed by atoms with Gasteiger partial charge >= 0.3 is 0 Å². The molecule has 0 spiro atoms. The average molecular weight is 453 g/mol. The van der Waals surface area contributed by atoms with E-state index in [-0.39, 0.29) is 35.9 Å². The first-order chi connectivity index (χ1) is 15.4. The molecule has 10 heteroatoms. The summed E-state index contributed by atoms with van der Waals surface area (Å²) in [4.78, 5) is 38.0. The molecule has 1 aliphatic heterocycles. The van der Waals surface area contributed by atoms with Crippen LogP contribution in [0.4, 0.5) is 20.9 Å². The predicted molar refractivity (Wildman–Crippen MR) is 119 cm³/mol. The number of hydrogen-bond acceptors (Lipinski definition) is 6. The number of carbonyl (C=O) groups is 3. The average Bonchev–Trinajstić information content (AvgIpc) is 3.41. The zero-order chi connectivity index (χ0) is 22.7. The van der Waals surface area contributed by atoms with E-state index in [9.17, 15) is 18.8 Å². The highest BCUT2D eigenvalue weighted by atomic mass is 32.1. The second-order valence-corrected chi connectivity index (χ2v) is 8.27. The van der Waals surface area contributed by atoms with Gasteiger partial charge < -0.3 is 10.2 Å². The summed E-state index contributed by atoms with van der Waals surface area (Å²) in [7, 11) is 0. The van der Waals surface area contributed by atoms with E-state index in [1.165, 1.54) is 23.5 Å². The lowest BCUT2D eigenvalue weighted by molar-refractivity contribution is -0.117. The van der Waals surface area contributed by atoms with Crippen molar-refractivity contribution in [1.82, 2.24) is 10.2 Å². The monoisotopic (exact) mass is 453 g/mol. The molecule has 2 N–H and O–H groups in total. The van der Waals surface area contributed by atoms with Crippen LogP contribution in [-0.2, 0) is 9.59 Å². The number of nitrogens with zero attached hydrogens (tertiary/aromatic N) is 3. The Morgan fingerprint density at radius 1 is 1.09 bits per heavy atom. The quantitative estimate of drug-likeness (QED) is 0.591. The number of amides is 3. The van der Waals surface area contributed by atoms with Gasteiger partial charge in [0.2, 0.25) is 16.9 Å². The van der Waals surface area contributed by atoms with E-state index in [4.69, 9.17) is 0 Å². The molecule has 0 bridgehead atoms. The van der Waals surface area contributed by atoms with Gasteiger partial charge in [-0.15, -0.1) is 10.2 Å². The maximum absolute atomic E-state index is 13.2. The molecule has 1 aromatic heterocycles. The Kier molecular flexibility index (Phi) is 6.22. The lowest BCUT2D eigenvalue weighted by Gasteiger charge is -2.16. The lowest BCUT2D eigenvalue weighted by Crippen LogP contribution is -2.24. The van der Waals surface area contributed by atoms with Gasteiger partial charge in [-0.25, -0.2) is 4.39 Å². The Morgan fingerprint density at radius 2 is 1.81 bits per heavy atom. The largest absolute Gasteiger partial charge is 0.326 e. The molecule has 1 atom stereocenters. The first kappa shape index (κ1) is 21.6. The van der Waals surface area contributed by atoms with Gasteiger partial charge in [-0.05, 0) is 48.5 Å². The molecule has 164 valence electrons. The van der Waals surface area contributed by atoms with E-state index in [0.717, 1.165) is 0 Å². The van der Waals surface area contributed by atoms with E-state index < -0.39 is 0 Å². The Labute approximate surface area is 187 Å². The summed E-state index contributed by atoms with van der Waals surface area (Å²) in [5.41, 5.74) is 1.66. The molecular formula is C22H20FN5O3S. The van der Waals surface area contributed by atoms with Gasteiger partial charge in [-0.2, -0.15) is 0 Å². The smallest absolute Gasteiger partial charge is 0.257 e. The molecule has 4 rings (SSSR count). The van der Waals surface area contributed by atoms with Crippen molar-refractivity contribution in [2.24, 2.45) is 0 Å². The summed E-state index contributed by atoms with van der Waals surface area (Å²) in [5.74, 6) is -1.04. The zero-order valence-corrected chi connectivity index (χ0v) is 18.0. The normalized spacial score (nSPS) is 15.6. The van der Waals surface area contributed by atoms with Crippen LogP contribution in [0, 0.1) is 5.82 Å². The molecule has 0 radical (unpaired) electrons. The molecule has 1 aliphatic rings. The number of aromatic nitrogens is 2. The summed E-state index contributed by atoms with van der Waals surface area (Å²) in [6.45, 7) is 2.17. The van der Waals surface area contributed by atoms with E-state index in [1.807, 2.05) is 0 Å². The predicted octanol–water partition coefficient (Wildman–Crippen LogP) is 3.80. The van der Waals surface area contributed by atoms with Gasteiger partial charge in [-0.1, -0.05) is 18.3 Å². The summed E-state index contributed by atoms with van der Waals surface area (Å²) >= 11 is 1.22. The van der Waals surface area contributed by atoms with Crippen molar-refractivity contribution in [3.05, 3.63) is 64.9 Å². The van der Waals surface area contributed by atoms with E-state index in [1.54, 1.807) is 48.2 Å². The Morgan fingerprint density at radius 3 is 2.50 bits per heavy atom. The van der Waals surface area contributed by atoms with Gasteiger partial charge in [0.15, 0.2) is 0 Å². The molecule has 3 aromatic rings. The third-order valence-electron chi connectivity index (χ3n) is 5.03. The first-order valence-corrected chi connectivity index (χ1v) is 10.8. The van der Waals surface area contributed by atoms with Crippen LogP contribution in [-0.4, -0.2) is 34.5 Å². The number of anilines is 3. The van der Waals surface area contributed by atoms with Crippen molar-refractivity contribution >= 4 is 45.6 Å². The first-order valence-electron chi connectivity index (χ1n) is 10.0. The summed E-state index contributed by atoms with van der Waals surface area (Å²) in [5, 5.41) is 14.6. The van der Waals surface area contributed by atoms with Crippen LogP contribution in [0.1, 0.15) is 41.0 Å². The van der Waals surface area contributed by atoms with Crippen molar-refractivity contribution in [3.8, 4) is 0 Å². The maximum atomic E-state index is 13.2. The fraction of sp³-hybridized carbons (Fsp3) is 0.227. The van der Waals surface area contributed by atoms with Crippen molar-refractivity contribution in [2.75, 3.05) is 22.1 Å². The summed E-state index contributed by atoms with van der Waals surface area (Å²) in [6, 6.07) is 12.3. The number of benzene rings is 2. The highest BCUT2D eigenvalue weighted by molar-refractivity contribution is 7.15. The molecule has 3 amide bonds. The highest BCUT2D eigenvalue weighted by Gasteiger charge is 2.34. The van der Waals surface area contributed by atoms with Crippen LogP contribution in [0.25, 0.3) is 0 Å². The minimum atomic E-state index is -0.359. The Bertz CT molecular complexity index is 1150. The lowest BCUT2D eigenvalue weighted by atomic mass is 10.1. The Balaban J connectivity index is 1.38. The minimum absolute atomic E-state index is 0.0716. The zero-order valence-electron chi connectivity index (χ0n) is 17.2. The molecule has 2 heterocycles. The van der Waals surface area contributed by atoms with Crippen LogP contribution in [0.2, 0.25) is 0 Å². The van der Waals surface area contributed by atoms with Gasteiger partial charge in [0.1, 0.15) is 10.8 Å². The van der Waals surface area contributed by atoms with Crippen LogP contribution in [0.5, 0.6) is 0 Å². The number of rotatable bonds is 6. The number of nitrogens with one attached hydrogen (secondary N) is 2. The number of hydrogen-bond donors (Lipinski definition) is 2. The van der Waals surface area contributed by atoms with Gasteiger partial charge in [-0.3, -0.25) is 19.7 Å². The minimum Gasteiger partial charge on any atom is -0.326 e. The van der Waals surface area contributed by atoms with E-state index >= 15 is 0 Å². The van der Waals surface area contributed by atoms with Crippen LogP contribution in [0.3, 0.4) is 0 Å². The topological polar surface area (TPSA) is 104 Å². The second-order valence-electron chi connectivity index (χ2n) is 7.26. The number of carbonyl (C=O) groups excluding carboxylic acids is 3. The number of halogens is 1. The molecular weight excluding hydrogens is 433 g/mol.